The lowest BCUT2D eigenvalue weighted by Crippen LogP contribution is -2.27. The van der Waals surface area contributed by atoms with E-state index in [1.54, 1.807) is 52.1 Å². The highest BCUT2D eigenvalue weighted by Crippen LogP contribution is 2.31. The molecule has 0 aliphatic carbocycles. The third-order valence-electron chi connectivity index (χ3n) is 4.24. The summed E-state index contributed by atoms with van der Waals surface area (Å²) < 4.78 is 24.6. The molecule has 0 atom stereocenters. The average molecular weight is 388 g/mol. The number of rotatable bonds is 4. The normalized spacial score (nSPS) is 12.3. The molecule has 0 saturated carbocycles. The second-order valence-corrected chi connectivity index (χ2v) is 9.86. The number of benzene rings is 1. The fourth-order valence-corrected chi connectivity index (χ4v) is 3.89. The van der Waals surface area contributed by atoms with Crippen molar-refractivity contribution in [2.75, 3.05) is 5.32 Å². The largest absolute Gasteiger partial charge is 0.477 e. The van der Waals surface area contributed by atoms with Crippen LogP contribution in [-0.2, 0) is 9.84 Å². The molecule has 2 heterocycles. The predicted molar refractivity (Wildman–Crippen MR) is 102 cm³/mol. The molecule has 0 radical (unpaired) electrons. The smallest absolute Gasteiger partial charge is 0.341 e. The highest BCUT2D eigenvalue weighted by atomic mass is 32.2. The Labute approximate surface area is 156 Å². The number of H-pyrrole nitrogens is 1. The second-order valence-electron chi connectivity index (χ2n) is 7.16. The third kappa shape index (κ3) is 3.25. The Morgan fingerprint density at radius 1 is 1.22 bits per heavy atom. The molecule has 3 rings (SSSR count). The number of fused-ring (bicyclic) bond motifs is 1. The molecule has 0 aliphatic heterocycles. The van der Waals surface area contributed by atoms with Gasteiger partial charge in [0.15, 0.2) is 15.7 Å². The Balaban J connectivity index is 2.15. The minimum atomic E-state index is -3.55. The van der Waals surface area contributed by atoms with E-state index in [0.29, 0.717) is 22.3 Å². The van der Waals surface area contributed by atoms with Crippen LogP contribution in [0.1, 0.15) is 36.8 Å². The van der Waals surface area contributed by atoms with Crippen LogP contribution in [0.15, 0.2) is 35.4 Å². The molecule has 0 amide bonds. The van der Waals surface area contributed by atoms with E-state index in [9.17, 15) is 18.3 Å². The fraction of sp³-hybridized carbons (Fsp3) is 0.278. The Kier molecular flexibility index (Phi) is 4.43. The van der Waals surface area contributed by atoms with E-state index in [2.05, 4.69) is 20.5 Å². The van der Waals surface area contributed by atoms with E-state index >= 15 is 0 Å². The molecule has 27 heavy (non-hydrogen) atoms. The summed E-state index contributed by atoms with van der Waals surface area (Å²) in [6, 6.07) is 6.35. The standard InChI is InChI=1S/C18H20N4O4S/c1-10-15(17(23)24)16(22-21-10)20-14-7-8-19-13-6-5-11(9-12(13)14)27(25,26)18(2,3)4/h5-9H,1-4H3,(H,23,24)(H2,19,20,21,22). The molecule has 0 bridgehead atoms. The molecule has 142 valence electrons. The Hall–Kier alpha value is -2.94. The Bertz CT molecular complexity index is 1140. The first-order chi connectivity index (χ1) is 12.5. The van der Waals surface area contributed by atoms with Gasteiger partial charge < -0.3 is 10.4 Å². The van der Waals surface area contributed by atoms with Crippen LogP contribution in [0.2, 0.25) is 0 Å². The van der Waals surface area contributed by atoms with Crippen molar-refractivity contribution in [3.05, 3.63) is 41.7 Å². The summed E-state index contributed by atoms with van der Waals surface area (Å²) in [5.41, 5.74) is 1.54. The van der Waals surface area contributed by atoms with Crippen LogP contribution < -0.4 is 5.32 Å². The minimum absolute atomic E-state index is 0.0263. The number of aromatic carboxylic acids is 1. The number of nitrogens with zero attached hydrogens (tertiary/aromatic N) is 2. The first kappa shape index (κ1) is 18.8. The van der Waals surface area contributed by atoms with E-state index in [1.807, 2.05) is 0 Å². The van der Waals surface area contributed by atoms with Crippen LogP contribution in [0, 0.1) is 6.92 Å². The highest BCUT2D eigenvalue weighted by molar-refractivity contribution is 7.92. The maximum Gasteiger partial charge on any atom is 0.341 e. The number of carboxylic acid groups (broad SMARTS) is 1. The minimum Gasteiger partial charge on any atom is -0.477 e. The van der Waals surface area contributed by atoms with Gasteiger partial charge in [-0.1, -0.05) is 0 Å². The van der Waals surface area contributed by atoms with Crippen molar-refractivity contribution >= 4 is 38.2 Å². The van der Waals surface area contributed by atoms with Gasteiger partial charge in [0.2, 0.25) is 0 Å². The molecular formula is C18H20N4O4S. The number of aryl methyl sites for hydroxylation is 1. The van der Waals surface area contributed by atoms with E-state index in [-0.39, 0.29) is 16.3 Å². The topological polar surface area (TPSA) is 125 Å². The van der Waals surface area contributed by atoms with Crippen LogP contribution in [0.3, 0.4) is 0 Å². The number of nitrogens with one attached hydrogen (secondary N) is 2. The summed E-state index contributed by atoms with van der Waals surface area (Å²) in [4.78, 5) is 15.9. The summed E-state index contributed by atoms with van der Waals surface area (Å²) in [5.74, 6) is -0.963. The maximum atomic E-state index is 12.8. The summed E-state index contributed by atoms with van der Waals surface area (Å²) >= 11 is 0. The number of aromatic nitrogens is 3. The lowest BCUT2D eigenvalue weighted by atomic mass is 10.1. The zero-order valence-corrected chi connectivity index (χ0v) is 16.2. The van der Waals surface area contributed by atoms with Crippen molar-refractivity contribution in [1.82, 2.24) is 15.2 Å². The predicted octanol–water partition coefficient (Wildman–Crippen LogP) is 3.28. The van der Waals surface area contributed by atoms with Crippen LogP contribution in [0.4, 0.5) is 11.5 Å². The molecule has 0 aliphatic rings. The summed E-state index contributed by atoms with van der Waals surface area (Å²) in [6.45, 7) is 6.53. The van der Waals surface area contributed by atoms with Gasteiger partial charge in [-0.05, 0) is 52.0 Å². The second kappa shape index (κ2) is 6.34. The van der Waals surface area contributed by atoms with Gasteiger partial charge in [0.25, 0.3) is 0 Å². The molecular weight excluding hydrogens is 368 g/mol. The van der Waals surface area contributed by atoms with Crippen molar-refractivity contribution in [3.63, 3.8) is 0 Å². The van der Waals surface area contributed by atoms with Crippen molar-refractivity contribution in [3.8, 4) is 0 Å². The number of carbonyl (C=O) groups is 1. The average Bonchev–Trinajstić information content (AvgIpc) is 2.94. The molecule has 3 N–H and O–H groups in total. The number of hydrogen-bond acceptors (Lipinski definition) is 6. The molecule has 2 aromatic heterocycles. The lowest BCUT2D eigenvalue weighted by Gasteiger charge is -2.19. The van der Waals surface area contributed by atoms with Crippen molar-refractivity contribution in [2.24, 2.45) is 0 Å². The van der Waals surface area contributed by atoms with Gasteiger partial charge in [0.05, 0.1) is 20.8 Å². The Morgan fingerprint density at radius 3 is 2.56 bits per heavy atom. The van der Waals surface area contributed by atoms with Crippen LogP contribution >= 0.6 is 0 Å². The van der Waals surface area contributed by atoms with Gasteiger partial charge in [-0.15, -0.1) is 0 Å². The van der Waals surface area contributed by atoms with E-state index in [4.69, 9.17) is 0 Å². The quantitative estimate of drug-likeness (QED) is 0.626. The molecule has 0 saturated heterocycles. The summed E-state index contributed by atoms with van der Waals surface area (Å²) in [5, 5.41) is 19.5. The molecule has 0 fully saturated rings. The Morgan fingerprint density at radius 2 is 1.93 bits per heavy atom. The van der Waals surface area contributed by atoms with E-state index < -0.39 is 20.6 Å². The SMILES string of the molecule is Cc1[nH]nc(Nc2ccnc3ccc(S(=O)(=O)C(C)(C)C)cc23)c1C(=O)O. The fourth-order valence-electron chi connectivity index (χ4n) is 2.66. The summed E-state index contributed by atoms with van der Waals surface area (Å²) in [6.07, 6.45) is 1.56. The number of aromatic amines is 1. The van der Waals surface area contributed by atoms with Gasteiger partial charge in [-0.25, -0.2) is 13.2 Å². The van der Waals surface area contributed by atoms with Crippen LogP contribution in [0.5, 0.6) is 0 Å². The van der Waals surface area contributed by atoms with Crippen LogP contribution in [0.25, 0.3) is 10.9 Å². The monoisotopic (exact) mass is 388 g/mol. The number of sulfone groups is 1. The summed E-state index contributed by atoms with van der Waals surface area (Å²) in [7, 11) is -3.55. The number of hydrogen-bond donors (Lipinski definition) is 3. The molecule has 9 heteroatoms. The van der Waals surface area contributed by atoms with Crippen LogP contribution in [-0.4, -0.2) is 39.4 Å². The molecule has 0 unspecified atom stereocenters. The van der Waals surface area contributed by atoms with Gasteiger partial charge in [-0.2, -0.15) is 5.10 Å². The molecule has 3 aromatic rings. The first-order valence-electron chi connectivity index (χ1n) is 8.21. The van der Waals surface area contributed by atoms with Crippen molar-refractivity contribution < 1.29 is 18.3 Å². The first-order valence-corrected chi connectivity index (χ1v) is 9.69. The van der Waals surface area contributed by atoms with E-state index in [1.165, 1.54) is 6.07 Å². The van der Waals surface area contributed by atoms with Gasteiger partial charge >= 0.3 is 5.97 Å². The maximum absolute atomic E-state index is 12.8. The highest BCUT2D eigenvalue weighted by Gasteiger charge is 2.31. The van der Waals surface area contributed by atoms with Crippen molar-refractivity contribution in [2.45, 2.75) is 37.3 Å². The number of carboxylic acids is 1. The number of anilines is 2. The van der Waals surface area contributed by atoms with Gasteiger partial charge in [0, 0.05) is 17.3 Å². The van der Waals surface area contributed by atoms with Gasteiger partial charge in [0.1, 0.15) is 5.56 Å². The van der Waals surface area contributed by atoms with E-state index in [0.717, 1.165) is 0 Å². The molecule has 1 aromatic carbocycles. The molecule has 8 nitrogen and oxygen atoms in total. The zero-order chi connectivity index (χ0) is 20.0. The van der Waals surface area contributed by atoms with Crippen molar-refractivity contribution in [1.29, 1.82) is 0 Å². The van der Waals surface area contributed by atoms with Gasteiger partial charge in [-0.3, -0.25) is 10.1 Å². The lowest BCUT2D eigenvalue weighted by molar-refractivity contribution is 0.0697. The third-order valence-corrected chi connectivity index (χ3v) is 6.73. The number of pyridine rings is 1. The molecule has 0 spiro atoms. The zero-order valence-electron chi connectivity index (χ0n) is 15.4.